The third-order valence-corrected chi connectivity index (χ3v) is 2.68. The van der Waals surface area contributed by atoms with Gasteiger partial charge in [0.15, 0.2) is 0 Å². The van der Waals surface area contributed by atoms with Crippen molar-refractivity contribution < 1.29 is 4.74 Å². The molecule has 2 atom stereocenters. The van der Waals surface area contributed by atoms with Crippen LogP contribution in [-0.2, 0) is 4.74 Å². The van der Waals surface area contributed by atoms with Gasteiger partial charge < -0.3 is 4.74 Å². The van der Waals surface area contributed by atoms with Gasteiger partial charge in [0.2, 0.25) is 0 Å². The number of ether oxygens (including phenoxy) is 1. The highest BCUT2D eigenvalue weighted by Crippen LogP contribution is 2.34. The summed E-state index contributed by atoms with van der Waals surface area (Å²) >= 11 is 0. The second-order valence-corrected chi connectivity index (χ2v) is 4.98. The molecule has 1 saturated heterocycles. The van der Waals surface area contributed by atoms with Crippen molar-refractivity contribution in [2.24, 2.45) is 5.41 Å². The second kappa shape index (κ2) is 3.78. The molecule has 12 heavy (non-hydrogen) atoms. The van der Waals surface area contributed by atoms with Gasteiger partial charge in [-0.1, -0.05) is 34.1 Å². The molecule has 1 aliphatic heterocycles. The molecule has 0 saturated carbocycles. The van der Waals surface area contributed by atoms with Crippen LogP contribution in [0, 0.1) is 5.41 Å². The van der Waals surface area contributed by atoms with E-state index in [0.29, 0.717) is 17.6 Å². The first-order valence-electron chi connectivity index (χ1n) is 5.19. The molecule has 0 aliphatic carbocycles. The Labute approximate surface area is 76.5 Å². The van der Waals surface area contributed by atoms with Crippen LogP contribution in [0.1, 0.15) is 53.4 Å². The van der Waals surface area contributed by atoms with Gasteiger partial charge in [0.1, 0.15) is 0 Å². The lowest BCUT2D eigenvalue weighted by Gasteiger charge is -2.26. The first-order chi connectivity index (χ1) is 5.54. The lowest BCUT2D eigenvalue weighted by Crippen LogP contribution is -2.26. The SMILES string of the molecule is CCCC1CCC(C(C)(C)C)O1. The van der Waals surface area contributed by atoms with E-state index >= 15 is 0 Å². The summed E-state index contributed by atoms with van der Waals surface area (Å²) in [5.74, 6) is 0. The van der Waals surface area contributed by atoms with Crippen LogP contribution in [0.15, 0.2) is 0 Å². The van der Waals surface area contributed by atoms with Crippen LogP contribution in [0.3, 0.4) is 0 Å². The molecule has 0 N–H and O–H groups in total. The minimum Gasteiger partial charge on any atom is -0.374 e. The third-order valence-electron chi connectivity index (χ3n) is 2.68. The zero-order valence-electron chi connectivity index (χ0n) is 8.89. The van der Waals surface area contributed by atoms with Crippen molar-refractivity contribution >= 4 is 0 Å². The molecule has 0 bridgehead atoms. The summed E-state index contributed by atoms with van der Waals surface area (Å²) in [5, 5.41) is 0. The van der Waals surface area contributed by atoms with Crippen molar-refractivity contribution in [2.45, 2.75) is 65.6 Å². The maximum atomic E-state index is 5.97. The van der Waals surface area contributed by atoms with E-state index in [-0.39, 0.29) is 0 Å². The molecule has 0 amide bonds. The Hall–Kier alpha value is -0.0400. The van der Waals surface area contributed by atoms with Crippen LogP contribution >= 0.6 is 0 Å². The second-order valence-electron chi connectivity index (χ2n) is 4.98. The lowest BCUT2D eigenvalue weighted by atomic mass is 9.87. The molecule has 1 heteroatoms. The molecule has 0 aromatic rings. The zero-order chi connectivity index (χ0) is 9.19. The first kappa shape index (κ1) is 10.0. The molecular formula is C11H22O. The maximum absolute atomic E-state index is 5.97. The average Bonchev–Trinajstić information content (AvgIpc) is 2.35. The number of rotatable bonds is 2. The standard InChI is InChI=1S/C11H22O/c1-5-6-9-7-8-10(12-9)11(2,3)4/h9-10H,5-8H2,1-4H3. The number of hydrogen-bond donors (Lipinski definition) is 0. The molecule has 0 aromatic heterocycles. The summed E-state index contributed by atoms with van der Waals surface area (Å²) in [7, 11) is 0. The fraction of sp³-hybridized carbons (Fsp3) is 1.00. The fourth-order valence-electron chi connectivity index (χ4n) is 1.88. The summed E-state index contributed by atoms with van der Waals surface area (Å²) in [6.07, 6.45) is 6.08. The van der Waals surface area contributed by atoms with Crippen molar-refractivity contribution in [2.75, 3.05) is 0 Å². The van der Waals surface area contributed by atoms with Crippen molar-refractivity contribution in [3.05, 3.63) is 0 Å². The predicted octanol–water partition coefficient (Wildman–Crippen LogP) is 3.38. The Balaban J connectivity index is 2.35. The van der Waals surface area contributed by atoms with E-state index in [1.165, 1.54) is 25.7 Å². The highest BCUT2D eigenvalue weighted by Gasteiger charge is 2.33. The average molecular weight is 170 g/mol. The van der Waals surface area contributed by atoms with E-state index in [9.17, 15) is 0 Å². The van der Waals surface area contributed by atoms with Gasteiger partial charge in [-0.15, -0.1) is 0 Å². The summed E-state index contributed by atoms with van der Waals surface area (Å²) < 4.78 is 5.97. The van der Waals surface area contributed by atoms with E-state index in [2.05, 4.69) is 27.7 Å². The molecule has 2 unspecified atom stereocenters. The molecule has 1 rings (SSSR count). The van der Waals surface area contributed by atoms with E-state index in [1.807, 2.05) is 0 Å². The summed E-state index contributed by atoms with van der Waals surface area (Å²) in [6, 6.07) is 0. The first-order valence-corrected chi connectivity index (χ1v) is 5.19. The molecule has 1 nitrogen and oxygen atoms in total. The Morgan fingerprint density at radius 3 is 2.33 bits per heavy atom. The highest BCUT2D eigenvalue weighted by atomic mass is 16.5. The largest absolute Gasteiger partial charge is 0.374 e. The van der Waals surface area contributed by atoms with Gasteiger partial charge in [-0.05, 0) is 24.7 Å². The normalized spacial score (nSPS) is 31.0. The third kappa shape index (κ3) is 2.48. The molecule has 1 aliphatic rings. The fourth-order valence-corrected chi connectivity index (χ4v) is 1.88. The monoisotopic (exact) mass is 170 g/mol. The van der Waals surface area contributed by atoms with E-state index in [4.69, 9.17) is 4.74 Å². The molecule has 0 aromatic carbocycles. The van der Waals surface area contributed by atoms with Gasteiger partial charge in [-0.25, -0.2) is 0 Å². The quantitative estimate of drug-likeness (QED) is 0.617. The van der Waals surface area contributed by atoms with Gasteiger partial charge >= 0.3 is 0 Å². The Morgan fingerprint density at radius 2 is 1.92 bits per heavy atom. The summed E-state index contributed by atoms with van der Waals surface area (Å²) in [6.45, 7) is 9.04. The lowest BCUT2D eigenvalue weighted by molar-refractivity contribution is -0.0184. The van der Waals surface area contributed by atoms with Gasteiger partial charge in [-0.2, -0.15) is 0 Å². The smallest absolute Gasteiger partial charge is 0.0628 e. The van der Waals surface area contributed by atoms with E-state index in [0.717, 1.165) is 0 Å². The number of hydrogen-bond acceptors (Lipinski definition) is 1. The zero-order valence-corrected chi connectivity index (χ0v) is 8.89. The van der Waals surface area contributed by atoms with Crippen molar-refractivity contribution in [3.63, 3.8) is 0 Å². The molecule has 72 valence electrons. The van der Waals surface area contributed by atoms with Crippen molar-refractivity contribution in [1.82, 2.24) is 0 Å². The summed E-state index contributed by atoms with van der Waals surface area (Å²) in [5.41, 5.74) is 0.336. The van der Waals surface area contributed by atoms with Gasteiger partial charge in [0, 0.05) is 0 Å². The van der Waals surface area contributed by atoms with Crippen LogP contribution in [-0.4, -0.2) is 12.2 Å². The Kier molecular flexibility index (Phi) is 3.16. The topological polar surface area (TPSA) is 9.23 Å². The Morgan fingerprint density at radius 1 is 1.25 bits per heavy atom. The van der Waals surface area contributed by atoms with Gasteiger partial charge in [0.05, 0.1) is 12.2 Å². The molecule has 1 heterocycles. The van der Waals surface area contributed by atoms with Crippen LogP contribution in [0.4, 0.5) is 0 Å². The van der Waals surface area contributed by atoms with E-state index in [1.54, 1.807) is 0 Å². The van der Waals surface area contributed by atoms with Crippen LogP contribution in [0.5, 0.6) is 0 Å². The minimum absolute atomic E-state index is 0.336. The van der Waals surface area contributed by atoms with Crippen molar-refractivity contribution in [3.8, 4) is 0 Å². The minimum atomic E-state index is 0.336. The molecule has 1 fully saturated rings. The summed E-state index contributed by atoms with van der Waals surface area (Å²) in [4.78, 5) is 0. The van der Waals surface area contributed by atoms with Crippen LogP contribution < -0.4 is 0 Å². The molecule has 0 radical (unpaired) electrons. The highest BCUT2D eigenvalue weighted by molar-refractivity contribution is 4.82. The van der Waals surface area contributed by atoms with Crippen LogP contribution in [0.25, 0.3) is 0 Å². The van der Waals surface area contributed by atoms with E-state index < -0.39 is 0 Å². The molecule has 0 spiro atoms. The molecular weight excluding hydrogens is 148 g/mol. The van der Waals surface area contributed by atoms with Crippen molar-refractivity contribution in [1.29, 1.82) is 0 Å². The van der Waals surface area contributed by atoms with Gasteiger partial charge in [-0.3, -0.25) is 0 Å². The van der Waals surface area contributed by atoms with Gasteiger partial charge in [0.25, 0.3) is 0 Å². The maximum Gasteiger partial charge on any atom is 0.0628 e. The Bertz CT molecular complexity index is 134. The predicted molar refractivity (Wildman–Crippen MR) is 52.3 cm³/mol. The van der Waals surface area contributed by atoms with Crippen LogP contribution in [0.2, 0.25) is 0 Å².